The minimum Gasteiger partial charge on any atom is -0.355 e. The van der Waals surface area contributed by atoms with Crippen LogP contribution in [-0.2, 0) is 11.2 Å². The average Bonchev–Trinajstić information content (AvgIpc) is 3.10. The summed E-state index contributed by atoms with van der Waals surface area (Å²) in [5, 5.41) is 10.9. The molecule has 6 heteroatoms. The lowest BCUT2D eigenvalue weighted by Crippen LogP contribution is -2.29. The first kappa shape index (κ1) is 14.7. The molecule has 22 heavy (non-hydrogen) atoms. The Labute approximate surface area is 132 Å². The summed E-state index contributed by atoms with van der Waals surface area (Å²) in [5.74, 6) is 0.182. The van der Waals surface area contributed by atoms with E-state index in [1.54, 1.807) is 11.3 Å². The van der Waals surface area contributed by atoms with E-state index in [1.165, 1.54) is 4.70 Å². The van der Waals surface area contributed by atoms with Crippen LogP contribution in [0, 0.1) is 6.92 Å². The van der Waals surface area contributed by atoms with Crippen molar-refractivity contribution < 1.29 is 4.79 Å². The summed E-state index contributed by atoms with van der Waals surface area (Å²) in [6.45, 7) is 4.59. The van der Waals surface area contributed by atoms with Gasteiger partial charge in [-0.05, 0) is 25.1 Å². The number of hydrogen-bond donors (Lipinski definition) is 2. The number of fused-ring (bicyclic) bond motifs is 1. The van der Waals surface area contributed by atoms with Gasteiger partial charge in [0.05, 0.1) is 27.3 Å². The number of para-hydroxylation sites is 1. The van der Waals surface area contributed by atoms with Crippen LogP contribution >= 0.6 is 11.3 Å². The number of aromatic nitrogens is 3. The summed E-state index contributed by atoms with van der Waals surface area (Å²) in [7, 11) is 0. The predicted molar refractivity (Wildman–Crippen MR) is 88.1 cm³/mol. The Hall–Kier alpha value is -2.21. The number of hydrogen-bond acceptors (Lipinski definition) is 4. The van der Waals surface area contributed by atoms with Crippen LogP contribution in [0.5, 0.6) is 0 Å². The van der Waals surface area contributed by atoms with Gasteiger partial charge >= 0.3 is 0 Å². The Balaban J connectivity index is 1.57. The summed E-state index contributed by atoms with van der Waals surface area (Å²) < 4.78 is 1.18. The number of rotatable bonds is 5. The molecule has 0 aliphatic carbocycles. The van der Waals surface area contributed by atoms with E-state index < -0.39 is 0 Å². The first-order valence-corrected chi connectivity index (χ1v) is 8.06. The molecule has 1 amide bonds. The van der Waals surface area contributed by atoms with Crippen LogP contribution in [0.3, 0.4) is 0 Å². The zero-order chi connectivity index (χ0) is 15.5. The number of thiazole rings is 1. The first-order valence-electron chi connectivity index (χ1n) is 7.25. The molecule has 114 valence electrons. The molecule has 2 N–H and O–H groups in total. The molecule has 2 aromatic heterocycles. The van der Waals surface area contributed by atoms with Gasteiger partial charge in [-0.2, -0.15) is 5.10 Å². The summed E-state index contributed by atoms with van der Waals surface area (Å²) in [5.41, 5.74) is 2.75. The number of benzene rings is 1. The van der Waals surface area contributed by atoms with Crippen molar-refractivity contribution in [3.8, 4) is 0 Å². The molecule has 0 spiro atoms. The Bertz CT molecular complexity index is 759. The molecule has 0 unspecified atom stereocenters. The Morgan fingerprint density at radius 2 is 2.23 bits per heavy atom. The highest BCUT2D eigenvalue weighted by atomic mass is 32.1. The Kier molecular flexibility index (Phi) is 4.20. The van der Waals surface area contributed by atoms with Gasteiger partial charge in [-0.15, -0.1) is 11.3 Å². The molecular weight excluding hydrogens is 296 g/mol. The number of aromatic amines is 1. The second-order valence-corrected chi connectivity index (χ2v) is 6.51. The highest BCUT2D eigenvalue weighted by Crippen LogP contribution is 2.26. The number of carbonyl (C=O) groups excluding carboxylic acids is 1. The first-order chi connectivity index (χ1) is 10.6. The van der Waals surface area contributed by atoms with Gasteiger partial charge in [-0.25, -0.2) is 4.98 Å². The largest absolute Gasteiger partial charge is 0.355 e. The van der Waals surface area contributed by atoms with Crippen LogP contribution in [0.1, 0.15) is 29.2 Å². The fourth-order valence-electron chi connectivity index (χ4n) is 2.25. The summed E-state index contributed by atoms with van der Waals surface area (Å²) in [6, 6.07) is 9.98. The number of aryl methyl sites for hydroxylation is 1. The molecule has 0 aliphatic heterocycles. The molecule has 0 aliphatic rings. The van der Waals surface area contributed by atoms with Crippen molar-refractivity contribution in [2.45, 2.75) is 26.2 Å². The fourth-order valence-corrected chi connectivity index (χ4v) is 3.27. The molecular formula is C16H18N4OS. The highest BCUT2D eigenvalue weighted by Gasteiger charge is 2.13. The van der Waals surface area contributed by atoms with Crippen LogP contribution in [0.2, 0.25) is 0 Å². The molecule has 1 aromatic carbocycles. The number of amides is 1. The molecule has 3 aromatic rings. The third-order valence-corrected chi connectivity index (χ3v) is 4.71. The average molecular weight is 314 g/mol. The quantitative estimate of drug-likeness (QED) is 0.761. The van der Waals surface area contributed by atoms with Crippen molar-refractivity contribution in [3.05, 3.63) is 46.7 Å². The van der Waals surface area contributed by atoms with Gasteiger partial charge in [-0.3, -0.25) is 9.89 Å². The maximum Gasteiger partial charge on any atom is 0.226 e. The van der Waals surface area contributed by atoms with E-state index in [9.17, 15) is 4.79 Å². The summed E-state index contributed by atoms with van der Waals surface area (Å²) >= 11 is 1.68. The maximum atomic E-state index is 11.9. The van der Waals surface area contributed by atoms with Crippen LogP contribution < -0.4 is 5.32 Å². The van der Waals surface area contributed by atoms with Crippen molar-refractivity contribution in [1.29, 1.82) is 0 Å². The maximum absolute atomic E-state index is 11.9. The second kappa shape index (κ2) is 6.27. The third-order valence-electron chi connectivity index (χ3n) is 3.44. The van der Waals surface area contributed by atoms with Gasteiger partial charge < -0.3 is 5.32 Å². The molecule has 0 radical (unpaired) electrons. The summed E-state index contributed by atoms with van der Waals surface area (Å²) in [4.78, 5) is 16.6. The normalized spacial score (nSPS) is 12.5. The predicted octanol–water partition coefficient (Wildman–Crippen LogP) is 2.79. The summed E-state index contributed by atoms with van der Waals surface area (Å²) in [6.07, 6.45) is 0.302. The van der Waals surface area contributed by atoms with Crippen LogP contribution in [-0.4, -0.2) is 27.6 Å². The Morgan fingerprint density at radius 3 is 2.95 bits per heavy atom. The van der Waals surface area contributed by atoms with E-state index in [0.29, 0.717) is 13.0 Å². The molecule has 2 heterocycles. The molecule has 0 bridgehead atoms. The minimum atomic E-state index is -0.0144. The molecule has 0 saturated carbocycles. The SMILES string of the molecule is Cc1cc(CC(=O)NC[C@@H](C)c2nc3ccccc3s2)n[nH]1. The van der Waals surface area contributed by atoms with Gasteiger partial charge in [0, 0.05) is 18.2 Å². The smallest absolute Gasteiger partial charge is 0.226 e. The van der Waals surface area contributed by atoms with Gasteiger partial charge in [0.25, 0.3) is 0 Å². The topological polar surface area (TPSA) is 70.7 Å². The lowest BCUT2D eigenvalue weighted by Gasteiger charge is -2.09. The third kappa shape index (κ3) is 3.33. The van der Waals surface area contributed by atoms with Crippen molar-refractivity contribution in [3.63, 3.8) is 0 Å². The van der Waals surface area contributed by atoms with Crippen LogP contribution in [0.15, 0.2) is 30.3 Å². The zero-order valence-corrected chi connectivity index (χ0v) is 13.4. The Morgan fingerprint density at radius 1 is 1.41 bits per heavy atom. The van der Waals surface area contributed by atoms with E-state index in [4.69, 9.17) is 0 Å². The number of carbonyl (C=O) groups is 1. The van der Waals surface area contributed by atoms with Crippen molar-refractivity contribution in [1.82, 2.24) is 20.5 Å². The molecule has 3 rings (SSSR count). The van der Waals surface area contributed by atoms with Gasteiger partial charge in [0.2, 0.25) is 5.91 Å². The van der Waals surface area contributed by atoms with Crippen LogP contribution in [0.25, 0.3) is 10.2 Å². The minimum absolute atomic E-state index is 0.0144. The van der Waals surface area contributed by atoms with Gasteiger partial charge in [0.15, 0.2) is 0 Å². The van der Waals surface area contributed by atoms with Crippen LogP contribution in [0.4, 0.5) is 0 Å². The zero-order valence-electron chi connectivity index (χ0n) is 12.6. The fraction of sp³-hybridized carbons (Fsp3) is 0.312. The highest BCUT2D eigenvalue weighted by molar-refractivity contribution is 7.18. The molecule has 5 nitrogen and oxygen atoms in total. The lowest BCUT2D eigenvalue weighted by molar-refractivity contribution is -0.120. The van der Waals surface area contributed by atoms with E-state index in [-0.39, 0.29) is 11.8 Å². The number of nitrogens with one attached hydrogen (secondary N) is 2. The molecule has 0 saturated heterocycles. The number of nitrogens with zero attached hydrogens (tertiary/aromatic N) is 2. The standard InChI is InChI=1S/C16H18N4OS/c1-10(16-18-13-5-3-4-6-14(13)22-16)9-17-15(21)8-12-7-11(2)19-20-12/h3-7,10H,8-9H2,1-2H3,(H,17,21)(H,19,20)/t10-/m1/s1. The lowest BCUT2D eigenvalue weighted by atomic mass is 10.2. The van der Waals surface area contributed by atoms with Gasteiger partial charge in [0.1, 0.15) is 0 Å². The second-order valence-electron chi connectivity index (χ2n) is 5.44. The van der Waals surface area contributed by atoms with Crippen molar-refractivity contribution in [2.75, 3.05) is 6.54 Å². The van der Waals surface area contributed by atoms with Crippen molar-refractivity contribution >= 4 is 27.5 Å². The molecule has 0 fully saturated rings. The van der Waals surface area contributed by atoms with E-state index >= 15 is 0 Å². The molecule has 1 atom stereocenters. The van der Waals surface area contributed by atoms with Gasteiger partial charge in [-0.1, -0.05) is 19.1 Å². The van der Waals surface area contributed by atoms with Crippen molar-refractivity contribution in [2.24, 2.45) is 0 Å². The number of H-pyrrole nitrogens is 1. The van der Waals surface area contributed by atoms with E-state index in [2.05, 4.69) is 33.5 Å². The van der Waals surface area contributed by atoms with E-state index in [1.807, 2.05) is 31.2 Å². The monoisotopic (exact) mass is 314 g/mol. The van der Waals surface area contributed by atoms with E-state index in [0.717, 1.165) is 21.9 Å².